The van der Waals surface area contributed by atoms with E-state index >= 15 is 0 Å². The summed E-state index contributed by atoms with van der Waals surface area (Å²) < 4.78 is 5.09. The normalized spacial score (nSPS) is 21.0. The van der Waals surface area contributed by atoms with Crippen LogP contribution in [0.25, 0.3) is 0 Å². The molecule has 2 unspecified atom stereocenters. The number of rotatable bonds is 4. The molecule has 2 rings (SSSR count). The molecular formula is C16H20O6. The van der Waals surface area contributed by atoms with Gasteiger partial charge in [0.15, 0.2) is 0 Å². The van der Waals surface area contributed by atoms with Gasteiger partial charge in [0, 0.05) is 0 Å². The fourth-order valence-corrected chi connectivity index (χ4v) is 2.45. The Balaban J connectivity index is 1.68. The van der Waals surface area contributed by atoms with Crippen LogP contribution in [-0.2, 0) is 19.6 Å². The maximum Gasteiger partial charge on any atom is 0.543 e. The van der Waals surface area contributed by atoms with E-state index in [4.69, 9.17) is 4.74 Å². The highest BCUT2D eigenvalue weighted by Crippen LogP contribution is 2.25. The van der Waals surface area contributed by atoms with Crippen LogP contribution in [0, 0.1) is 12.8 Å². The third-order valence-corrected chi connectivity index (χ3v) is 3.65. The monoisotopic (exact) mass is 308 g/mol. The van der Waals surface area contributed by atoms with Gasteiger partial charge in [0.05, 0.1) is 10.6 Å². The highest BCUT2D eigenvalue weighted by atomic mass is 17.5. The topological polar surface area (TPSA) is 71.1 Å². The molecule has 120 valence electrons. The van der Waals surface area contributed by atoms with Crippen molar-refractivity contribution in [2.45, 2.75) is 45.6 Å². The van der Waals surface area contributed by atoms with Gasteiger partial charge in [-0.1, -0.05) is 31.0 Å². The van der Waals surface area contributed by atoms with Crippen LogP contribution in [0.1, 0.15) is 48.5 Å². The summed E-state index contributed by atoms with van der Waals surface area (Å²) in [5.74, 6) is -0.231. The van der Waals surface area contributed by atoms with Crippen LogP contribution in [0.15, 0.2) is 24.3 Å². The van der Waals surface area contributed by atoms with Gasteiger partial charge in [-0.05, 0) is 44.2 Å². The zero-order valence-electron chi connectivity index (χ0n) is 12.7. The molecule has 1 aromatic carbocycles. The second-order valence-electron chi connectivity index (χ2n) is 5.65. The van der Waals surface area contributed by atoms with E-state index in [2.05, 4.69) is 21.7 Å². The van der Waals surface area contributed by atoms with Crippen molar-refractivity contribution >= 4 is 12.1 Å². The maximum absolute atomic E-state index is 11.6. The minimum atomic E-state index is -1.00. The molecule has 22 heavy (non-hydrogen) atoms. The van der Waals surface area contributed by atoms with E-state index in [1.165, 1.54) is 0 Å². The number of carbonyl (C=O) groups is 2. The summed E-state index contributed by atoms with van der Waals surface area (Å²) in [4.78, 5) is 31.7. The van der Waals surface area contributed by atoms with Crippen LogP contribution in [-0.4, -0.2) is 18.2 Å². The van der Waals surface area contributed by atoms with Crippen LogP contribution in [0.4, 0.5) is 4.79 Å². The molecule has 2 atom stereocenters. The van der Waals surface area contributed by atoms with E-state index in [1.54, 1.807) is 24.3 Å². The summed E-state index contributed by atoms with van der Waals surface area (Å²) in [6, 6.07) is 6.69. The molecule has 6 nitrogen and oxygen atoms in total. The second-order valence-corrected chi connectivity index (χ2v) is 5.65. The zero-order valence-corrected chi connectivity index (χ0v) is 12.7. The molecular weight excluding hydrogens is 288 g/mol. The molecule has 0 saturated heterocycles. The lowest BCUT2D eigenvalue weighted by Gasteiger charge is -2.25. The van der Waals surface area contributed by atoms with Crippen LogP contribution >= 0.6 is 0 Å². The van der Waals surface area contributed by atoms with Crippen LogP contribution in [0.5, 0.6) is 0 Å². The third kappa shape index (κ3) is 5.04. The minimum Gasteiger partial charge on any atom is -0.429 e. The molecule has 0 radical (unpaired) electrons. The van der Waals surface area contributed by atoms with Gasteiger partial charge in [-0.3, -0.25) is 4.89 Å². The number of benzene rings is 1. The molecule has 1 fully saturated rings. The Morgan fingerprint density at radius 1 is 1.09 bits per heavy atom. The second kappa shape index (κ2) is 7.79. The van der Waals surface area contributed by atoms with Crippen LogP contribution in [0.2, 0.25) is 0 Å². The maximum atomic E-state index is 11.6. The summed E-state index contributed by atoms with van der Waals surface area (Å²) in [6.45, 7) is 4.01. The van der Waals surface area contributed by atoms with Gasteiger partial charge in [0.25, 0.3) is 0 Å². The molecule has 0 bridgehead atoms. The zero-order chi connectivity index (χ0) is 15.9. The van der Waals surface area contributed by atoms with E-state index in [1.807, 2.05) is 6.92 Å². The van der Waals surface area contributed by atoms with Crippen LogP contribution in [0.3, 0.4) is 0 Å². The van der Waals surface area contributed by atoms with Gasteiger partial charge in [0.1, 0.15) is 6.10 Å². The average molecular weight is 308 g/mol. The van der Waals surface area contributed by atoms with Gasteiger partial charge >= 0.3 is 12.1 Å². The van der Waals surface area contributed by atoms with E-state index in [-0.39, 0.29) is 6.10 Å². The van der Waals surface area contributed by atoms with Crippen molar-refractivity contribution in [1.82, 2.24) is 0 Å². The average Bonchev–Trinajstić information content (AvgIpc) is 2.47. The van der Waals surface area contributed by atoms with Crippen molar-refractivity contribution in [2.75, 3.05) is 0 Å². The molecule has 6 heteroatoms. The van der Waals surface area contributed by atoms with Gasteiger partial charge in [-0.25, -0.2) is 14.5 Å². The number of hydrogen-bond acceptors (Lipinski definition) is 6. The molecule has 1 aliphatic carbocycles. The Hall–Kier alpha value is -2.08. The Morgan fingerprint density at radius 2 is 1.82 bits per heavy atom. The molecule has 0 amide bonds. The predicted octanol–water partition coefficient (Wildman–Crippen LogP) is 3.73. The van der Waals surface area contributed by atoms with Crippen molar-refractivity contribution in [3.8, 4) is 0 Å². The smallest absolute Gasteiger partial charge is 0.429 e. The van der Waals surface area contributed by atoms with Crippen molar-refractivity contribution in [3.63, 3.8) is 0 Å². The van der Waals surface area contributed by atoms with Gasteiger partial charge < -0.3 is 4.74 Å². The van der Waals surface area contributed by atoms with Crippen molar-refractivity contribution in [3.05, 3.63) is 35.4 Å². The number of carbonyl (C=O) groups excluding carboxylic acids is 2. The fourth-order valence-electron chi connectivity index (χ4n) is 2.45. The number of hydrogen-bond donors (Lipinski definition) is 0. The first-order valence-corrected chi connectivity index (χ1v) is 7.37. The molecule has 0 spiro atoms. The predicted molar refractivity (Wildman–Crippen MR) is 76.7 cm³/mol. The third-order valence-electron chi connectivity index (χ3n) is 3.65. The molecule has 1 aliphatic rings. The van der Waals surface area contributed by atoms with E-state index < -0.39 is 12.1 Å². The molecule has 1 aromatic rings. The Bertz CT molecular complexity index is 510. The lowest BCUT2D eigenvalue weighted by atomic mass is 9.89. The quantitative estimate of drug-likeness (QED) is 0.479. The largest absolute Gasteiger partial charge is 0.543 e. The Labute approximate surface area is 129 Å². The Morgan fingerprint density at radius 3 is 2.50 bits per heavy atom. The number of ether oxygens (including phenoxy) is 1. The first-order valence-electron chi connectivity index (χ1n) is 7.37. The number of aryl methyl sites for hydroxylation is 1. The highest BCUT2D eigenvalue weighted by Gasteiger charge is 2.23. The minimum absolute atomic E-state index is 0.173. The van der Waals surface area contributed by atoms with Crippen molar-refractivity contribution in [1.29, 1.82) is 0 Å². The van der Waals surface area contributed by atoms with Gasteiger partial charge in [-0.2, -0.15) is 0 Å². The van der Waals surface area contributed by atoms with Gasteiger partial charge in [-0.15, -0.1) is 0 Å². The van der Waals surface area contributed by atoms with E-state index in [0.29, 0.717) is 11.5 Å². The van der Waals surface area contributed by atoms with E-state index in [0.717, 1.165) is 31.2 Å². The lowest BCUT2D eigenvalue weighted by Crippen LogP contribution is -2.25. The fraction of sp³-hybridized carbons (Fsp3) is 0.500. The molecule has 0 N–H and O–H groups in total. The molecule has 0 aliphatic heterocycles. The molecule has 0 heterocycles. The SMILES string of the molecule is Cc1ccc(C(=O)OOOC(=O)OC2CCCC(C)C2)cc1. The summed E-state index contributed by atoms with van der Waals surface area (Å²) in [5, 5.41) is 4.19. The molecule has 1 saturated carbocycles. The summed E-state index contributed by atoms with van der Waals surface area (Å²) >= 11 is 0. The standard InChI is InChI=1S/C16H20O6/c1-11-6-8-13(9-7-11)15(17)20-22-21-16(18)19-14-5-3-4-12(2)10-14/h6-9,12,14H,3-5,10H2,1-2H3. The highest BCUT2D eigenvalue weighted by molar-refractivity contribution is 5.88. The van der Waals surface area contributed by atoms with Crippen molar-refractivity contribution < 1.29 is 29.1 Å². The first kappa shape index (κ1) is 16.3. The Kier molecular flexibility index (Phi) is 5.77. The summed E-state index contributed by atoms with van der Waals surface area (Å²) in [6.07, 6.45) is 2.59. The lowest BCUT2D eigenvalue weighted by molar-refractivity contribution is -0.453. The molecule has 0 aromatic heterocycles. The van der Waals surface area contributed by atoms with E-state index in [9.17, 15) is 9.59 Å². The first-order chi connectivity index (χ1) is 10.5. The van der Waals surface area contributed by atoms with Crippen molar-refractivity contribution in [2.24, 2.45) is 5.92 Å². The summed E-state index contributed by atoms with van der Waals surface area (Å²) in [7, 11) is 0. The summed E-state index contributed by atoms with van der Waals surface area (Å²) in [5.41, 5.74) is 1.31. The van der Waals surface area contributed by atoms with Crippen LogP contribution < -0.4 is 0 Å². The van der Waals surface area contributed by atoms with Gasteiger partial charge in [0.2, 0.25) is 0 Å².